The molecular formula is C13H20O5. The van der Waals surface area contributed by atoms with Gasteiger partial charge in [-0.3, -0.25) is 9.59 Å². The maximum atomic E-state index is 11.8. The van der Waals surface area contributed by atoms with E-state index in [0.717, 1.165) is 12.8 Å². The number of ether oxygens (including phenoxy) is 2. The van der Waals surface area contributed by atoms with Crippen molar-refractivity contribution >= 4 is 11.9 Å². The molecule has 0 saturated heterocycles. The Morgan fingerprint density at radius 2 is 1.83 bits per heavy atom. The first-order chi connectivity index (χ1) is 8.55. The van der Waals surface area contributed by atoms with Crippen LogP contribution < -0.4 is 0 Å². The highest BCUT2D eigenvalue weighted by atomic mass is 16.6. The average molecular weight is 256 g/mol. The van der Waals surface area contributed by atoms with Crippen LogP contribution in [-0.4, -0.2) is 35.9 Å². The largest absolute Gasteiger partial charge is 0.465 e. The van der Waals surface area contributed by atoms with Crippen LogP contribution in [0.25, 0.3) is 0 Å². The topological polar surface area (TPSA) is 72.8 Å². The van der Waals surface area contributed by atoms with E-state index < -0.39 is 23.5 Å². The molecule has 0 heterocycles. The number of carbonyl (C=O) groups excluding carboxylic acids is 2. The van der Waals surface area contributed by atoms with Gasteiger partial charge in [-0.05, 0) is 33.1 Å². The lowest BCUT2D eigenvalue weighted by Crippen LogP contribution is -2.47. The highest BCUT2D eigenvalue weighted by molar-refractivity contribution is 5.96. The van der Waals surface area contributed by atoms with E-state index in [1.54, 1.807) is 19.9 Å². The Hall–Kier alpha value is -1.36. The Bertz CT molecular complexity index is 318. The molecule has 0 amide bonds. The summed E-state index contributed by atoms with van der Waals surface area (Å²) in [6.07, 6.45) is 5.19. The van der Waals surface area contributed by atoms with E-state index in [4.69, 9.17) is 9.47 Å². The van der Waals surface area contributed by atoms with Crippen LogP contribution in [0.5, 0.6) is 0 Å². The van der Waals surface area contributed by atoms with Crippen LogP contribution in [0.4, 0.5) is 0 Å². The summed E-state index contributed by atoms with van der Waals surface area (Å²) in [4.78, 5) is 23.7. The zero-order chi connectivity index (χ0) is 13.6. The molecular weight excluding hydrogens is 236 g/mol. The second kappa shape index (κ2) is 6.54. The Labute approximate surface area is 107 Å². The predicted molar refractivity (Wildman–Crippen MR) is 64.7 cm³/mol. The molecule has 5 nitrogen and oxygen atoms in total. The summed E-state index contributed by atoms with van der Waals surface area (Å²) in [7, 11) is 0. The molecule has 0 aromatic heterocycles. The van der Waals surface area contributed by atoms with Crippen LogP contribution >= 0.6 is 0 Å². The van der Waals surface area contributed by atoms with Gasteiger partial charge in [0.2, 0.25) is 0 Å². The van der Waals surface area contributed by atoms with Crippen molar-refractivity contribution in [3.63, 3.8) is 0 Å². The molecule has 1 aliphatic carbocycles. The smallest absolute Gasteiger partial charge is 0.323 e. The highest BCUT2D eigenvalue weighted by Crippen LogP contribution is 2.31. The molecule has 0 aromatic rings. The van der Waals surface area contributed by atoms with Crippen LogP contribution in [0.2, 0.25) is 0 Å². The number of aliphatic hydroxyl groups is 1. The third-order valence-corrected chi connectivity index (χ3v) is 2.90. The molecule has 1 aliphatic rings. The van der Waals surface area contributed by atoms with Crippen molar-refractivity contribution in [2.75, 3.05) is 13.2 Å². The van der Waals surface area contributed by atoms with Gasteiger partial charge in [0, 0.05) is 0 Å². The molecule has 0 saturated carbocycles. The molecule has 5 heteroatoms. The van der Waals surface area contributed by atoms with Gasteiger partial charge in [0.05, 0.1) is 13.2 Å². The molecule has 1 rings (SSSR count). The van der Waals surface area contributed by atoms with Gasteiger partial charge < -0.3 is 14.6 Å². The van der Waals surface area contributed by atoms with Crippen LogP contribution in [0.15, 0.2) is 12.2 Å². The molecule has 102 valence electrons. The second-order valence-corrected chi connectivity index (χ2v) is 4.22. The Morgan fingerprint density at radius 3 is 2.22 bits per heavy atom. The molecule has 18 heavy (non-hydrogen) atoms. The van der Waals surface area contributed by atoms with E-state index in [2.05, 4.69) is 0 Å². The Balaban J connectivity index is 2.95. The summed E-state index contributed by atoms with van der Waals surface area (Å²) < 4.78 is 9.71. The molecule has 0 radical (unpaired) electrons. The van der Waals surface area contributed by atoms with Crippen LogP contribution in [0, 0.1) is 5.92 Å². The fourth-order valence-corrected chi connectivity index (χ4v) is 2.07. The highest BCUT2D eigenvalue weighted by Gasteiger charge is 2.47. The fourth-order valence-electron chi connectivity index (χ4n) is 2.07. The fraction of sp³-hybridized carbons (Fsp3) is 0.692. The lowest BCUT2D eigenvalue weighted by molar-refractivity contribution is -0.172. The van der Waals surface area contributed by atoms with E-state index in [1.807, 2.05) is 0 Å². The van der Waals surface area contributed by atoms with Crippen molar-refractivity contribution in [1.29, 1.82) is 0 Å². The first-order valence-electron chi connectivity index (χ1n) is 6.28. The SMILES string of the molecule is CCOC(=O)C(C(=O)OCC)C1(O)C=CCCC1. The van der Waals surface area contributed by atoms with E-state index in [9.17, 15) is 14.7 Å². The third kappa shape index (κ3) is 3.32. The molecule has 1 atom stereocenters. The number of hydrogen-bond acceptors (Lipinski definition) is 5. The lowest BCUT2D eigenvalue weighted by Gasteiger charge is -2.32. The summed E-state index contributed by atoms with van der Waals surface area (Å²) in [5.41, 5.74) is -1.49. The third-order valence-electron chi connectivity index (χ3n) is 2.90. The van der Waals surface area contributed by atoms with E-state index in [0.29, 0.717) is 6.42 Å². The first kappa shape index (κ1) is 14.7. The van der Waals surface area contributed by atoms with Gasteiger partial charge in [-0.2, -0.15) is 0 Å². The predicted octanol–water partition coefficient (Wildman–Crippen LogP) is 1.20. The summed E-state index contributed by atoms with van der Waals surface area (Å²) in [5, 5.41) is 10.4. The first-order valence-corrected chi connectivity index (χ1v) is 6.28. The van der Waals surface area contributed by atoms with Gasteiger partial charge in [-0.25, -0.2) is 0 Å². The molecule has 0 aromatic carbocycles. The molecule has 0 spiro atoms. The zero-order valence-corrected chi connectivity index (χ0v) is 10.8. The van der Waals surface area contributed by atoms with Gasteiger partial charge in [0.25, 0.3) is 0 Å². The van der Waals surface area contributed by atoms with Gasteiger partial charge in [-0.1, -0.05) is 12.2 Å². The Morgan fingerprint density at radius 1 is 1.28 bits per heavy atom. The number of esters is 2. The minimum Gasteiger partial charge on any atom is -0.465 e. The van der Waals surface area contributed by atoms with Crippen molar-refractivity contribution in [2.45, 2.75) is 38.7 Å². The summed E-state index contributed by atoms with van der Waals surface area (Å²) in [6.45, 7) is 3.63. The summed E-state index contributed by atoms with van der Waals surface area (Å²) in [6, 6.07) is 0. The van der Waals surface area contributed by atoms with Crippen molar-refractivity contribution < 1.29 is 24.2 Å². The van der Waals surface area contributed by atoms with Gasteiger partial charge in [0.15, 0.2) is 5.92 Å². The van der Waals surface area contributed by atoms with E-state index >= 15 is 0 Å². The van der Waals surface area contributed by atoms with Gasteiger partial charge in [0.1, 0.15) is 5.60 Å². The monoisotopic (exact) mass is 256 g/mol. The lowest BCUT2D eigenvalue weighted by atomic mass is 9.80. The Kier molecular flexibility index (Phi) is 5.34. The van der Waals surface area contributed by atoms with Crippen molar-refractivity contribution in [2.24, 2.45) is 5.92 Å². The number of carbonyl (C=O) groups is 2. The number of rotatable bonds is 5. The van der Waals surface area contributed by atoms with E-state index in [1.165, 1.54) is 6.08 Å². The number of hydrogen-bond donors (Lipinski definition) is 1. The van der Waals surface area contributed by atoms with Crippen LogP contribution in [0.3, 0.4) is 0 Å². The average Bonchev–Trinajstić information content (AvgIpc) is 2.30. The van der Waals surface area contributed by atoms with Crippen molar-refractivity contribution in [3.05, 3.63) is 12.2 Å². The normalized spacial score (nSPS) is 22.9. The molecule has 0 fully saturated rings. The second-order valence-electron chi connectivity index (χ2n) is 4.22. The van der Waals surface area contributed by atoms with Crippen molar-refractivity contribution in [3.8, 4) is 0 Å². The van der Waals surface area contributed by atoms with Crippen LogP contribution in [-0.2, 0) is 19.1 Å². The summed E-state index contributed by atoms with van der Waals surface area (Å²) >= 11 is 0. The maximum absolute atomic E-state index is 11.8. The minimum absolute atomic E-state index is 0.161. The molecule has 1 N–H and O–H groups in total. The van der Waals surface area contributed by atoms with Gasteiger partial charge in [-0.15, -0.1) is 0 Å². The molecule has 1 unspecified atom stereocenters. The maximum Gasteiger partial charge on any atom is 0.323 e. The van der Waals surface area contributed by atoms with E-state index in [-0.39, 0.29) is 13.2 Å². The number of allylic oxidation sites excluding steroid dienone is 1. The van der Waals surface area contributed by atoms with Gasteiger partial charge >= 0.3 is 11.9 Å². The van der Waals surface area contributed by atoms with Crippen molar-refractivity contribution in [1.82, 2.24) is 0 Å². The zero-order valence-electron chi connectivity index (χ0n) is 10.8. The molecule has 0 bridgehead atoms. The minimum atomic E-state index is -1.49. The quantitative estimate of drug-likeness (QED) is 0.454. The van der Waals surface area contributed by atoms with Crippen LogP contribution in [0.1, 0.15) is 33.1 Å². The molecule has 0 aliphatic heterocycles. The standard InChI is InChI=1S/C13H20O5/c1-3-17-11(14)10(12(15)18-4-2)13(16)8-6-5-7-9-13/h6,8,10,16H,3-5,7,9H2,1-2H3. The summed E-state index contributed by atoms with van der Waals surface area (Å²) in [5.74, 6) is -2.76.